The summed E-state index contributed by atoms with van der Waals surface area (Å²) < 4.78 is 10.5. The Bertz CT molecular complexity index is 632. The summed E-state index contributed by atoms with van der Waals surface area (Å²) in [5, 5.41) is 6.77. The molecule has 2 aromatic rings. The molecule has 0 aliphatic heterocycles. The average Bonchev–Trinajstić information content (AvgIpc) is 3.05. The van der Waals surface area contributed by atoms with Gasteiger partial charge in [0, 0.05) is 18.5 Å². The Labute approximate surface area is 167 Å². The number of benzene rings is 1. The minimum Gasteiger partial charge on any atom is -0.497 e. The van der Waals surface area contributed by atoms with E-state index in [1.54, 1.807) is 13.4 Å². The molecule has 2 N–H and O–H groups in total. The van der Waals surface area contributed by atoms with Crippen LogP contribution in [0.4, 0.5) is 0 Å². The third kappa shape index (κ3) is 8.29. The molecule has 5 nitrogen and oxygen atoms in total. The molecule has 25 heavy (non-hydrogen) atoms. The summed E-state index contributed by atoms with van der Waals surface area (Å²) in [6, 6.07) is 11.8. The van der Waals surface area contributed by atoms with Crippen LogP contribution in [-0.4, -0.2) is 25.2 Å². The molecule has 0 radical (unpaired) electrons. The maximum Gasteiger partial charge on any atom is 0.192 e. The zero-order valence-corrected chi connectivity index (χ0v) is 17.7. The lowest BCUT2D eigenvalue weighted by Gasteiger charge is -2.24. The number of furan rings is 1. The number of nitrogens with zero attached hydrogens (tertiary/aromatic N) is 1. The van der Waals surface area contributed by atoms with Crippen LogP contribution in [0, 0.1) is 0 Å². The molecule has 138 valence electrons. The molecule has 1 aromatic heterocycles. The topological polar surface area (TPSA) is 58.8 Å². The molecule has 0 saturated heterocycles. The predicted molar refractivity (Wildman–Crippen MR) is 113 cm³/mol. The molecular weight excluding hydrogens is 429 g/mol. The van der Waals surface area contributed by atoms with Crippen molar-refractivity contribution in [2.45, 2.75) is 39.3 Å². The summed E-state index contributed by atoms with van der Waals surface area (Å²) in [6.07, 6.45) is 2.52. The van der Waals surface area contributed by atoms with Gasteiger partial charge >= 0.3 is 0 Å². The van der Waals surface area contributed by atoms with E-state index < -0.39 is 0 Å². The van der Waals surface area contributed by atoms with Crippen LogP contribution in [-0.2, 0) is 13.0 Å². The van der Waals surface area contributed by atoms with Gasteiger partial charge in [-0.05, 0) is 50.6 Å². The van der Waals surface area contributed by atoms with Crippen molar-refractivity contribution in [2.75, 3.05) is 13.7 Å². The highest BCUT2D eigenvalue weighted by Gasteiger charge is 2.12. The van der Waals surface area contributed by atoms with Gasteiger partial charge in [-0.3, -0.25) is 0 Å². The molecule has 0 aliphatic rings. The van der Waals surface area contributed by atoms with E-state index in [4.69, 9.17) is 9.15 Å². The highest BCUT2D eigenvalue weighted by atomic mass is 127. The van der Waals surface area contributed by atoms with Crippen LogP contribution in [0.3, 0.4) is 0 Å². The molecule has 1 heterocycles. The summed E-state index contributed by atoms with van der Waals surface area (Å²) in [5.41, 5.74) is 1.08. The van der Waals surface area contributed by atoms with Gasteiger partial charge in [0.15, 0.2) is 5.96 Å². The number of methoxy groups -OCH3 is 1. The van der Waals surface area contributed by atoms with Gasteiger partial charge in [-0.2, -0.15) is 0 Å². The molecule has 0 amide bonds. The Morgan fingerprint density at radius 2 is 1.88 bits per heavy atom. The second kappa shape index (κ2) is 10.3. The Balaban J connectivity index is 0.00000312. The standard InChI is InChI=1S/C19H27N3O2.HI/c1-19(2,3)22-18(20-12-11-17-6-5-13-24-17)21-14-15-7-9-16(23-4)10-8-15;/h5-10,13H,11-12,14H2,1-4H3,(H2,20,21,22);1H. The normalized spacial score (nSPS) is 11.6. The van der Waals surface area contributed by atoms with Crippen LogP contribution in [0.15, 0.2) is 52.1 Å². The maximum absolute atomic E-state index is 5.36. The van der Waals surface area contributed by atoms with Crippen LogP contribution in [0.25, 0.3) is 0 Å². The smallest absolute Gasteiger partial charge is 0.192 e. The zero-order chi connectivity index (χ0) is 17.4. The van der Waals surface area contributed by atoms with Crippen LogP contribution in [0.1, 0.15) is 32.1 Å². The Morgan fingerprint density at radius 3 is 2.44 bits per heavy atom. The number of aliphatic imine (C=N–C) groups is 1. The van der Waals surface area contributed by atoms with Gasteiger partial charge in [0.1, 0.15) is 11.5 Å². The lowest BCUT2D eigenvalue weighted by atomic mass is 10.1. The Morgan fingerprint density at radius 1 is 1.16 bits per heavy atom. The number of rotatable bonds is 6. The van der Waals surface area contributed by atoms with E-state index in [1.807, 2.05) is 36.4 Å². The fourth-order valence-electron chi connectivity index (χ4n) is 2.16. The second-order valence-corrected chi connectivity index (χ2v) is 6.64. The number of nitrogens with one attached hydrogen (secondary N) is 2. The molecule has 0 fully saturated rings. The molecule has 0 atom stereocenters. The first-order chi connectivity index (χ1) is 11.5. The number of ether oxygens (including phenoxy) is 1. The molecular formula is C19H28IN3O2. The number of hydrogen-bond acceptors (Lipinski definition) is 3. The van der Waals surface area contributed by atoms with Crippen LogP contribution in [0.2, 0.25) is 0 Å². The van der Waals surface area contributed by atoms with Crippen molar-refractivity contribution >= 4 is 29.9 Å². The van der Waals surface area contributed by atoms with Gasteiger partial charge in [0.2, 0.25) is 0 Å². The lowest BCUT2D eigenvalue weighted by Crippen LogP contribution is -2.48. The molecule has 1 aromatic carbocycles. The van der Waals surface area contributed by atoms with E-state index in [0.29, 0.717) is 6.54 Å². The molecule has 6 heteroatoms. The minimum absolute atomic E-state index is 0. The predicted octanol–water partition coefficient (Wildman–Crippen LogP) is 3.98. The van der Waals surface area contributed by atoms with E-state index in [2.05, 4.69) is 36.4 Å². The minimum atomic E-state index is -0.0591. The largest absolute Gasteiger partial charge is 0.497 e. The van der Waals surface area contributed by atoms with E-state index in [9.17, 15) is 0 Å². The molecule has 2 rings (SSSR count). The summed E-state index contributed by atoms with van der Waals surface area (Å²) in [7, 11) is 1.67. The van der Waals surface area contributed by atoms with Crippen LogP contribution >= 0.6 is 24.0 Å². The quantitative estimate of drug-likeness (QED) is 0.392. The Hall–Kier alpha value is -1.70. The first-order valence-corrected chi connectivity index (χ1v) is 8.18. The first kappa shape index (κ1) is 21.3. The van der Waals surface area contributed by atoms with Gasteiger partial charge < -0.3 is 19.8 Å². The highest BCUT2D eigenvalue weighted by molar-refractivity contribution is 14.0. The molecule has 0 unspecified atom stereocenters. The molecule has 0 saturated carbocycles. The van der Waals surface area contributed by atoms with Gasteiger partial charge in [-0.15, -0.1) is 24.0 Å². The fourth-order valence-corrected chi connectivity index (χ4v) is 2.16. The van der Waals surface area contributed by atoms with E-state index in [1.165, 1.54) is 0 Å². The lowest BCUT2D eigenvalue weighted by molar-refractivity contribution is 0.414. The Kier molecular flexibility index (Phi) is 8.82. The summed E-state index contributed by atoms with van der Waals surface area (Å²) in [6.45, 7) is 7.71. The third-order valence-electron chi connectivity index (χ3n) is 3.32. The monoisotopic (exact) mass is 457 g/mol. The van der Waals surface area contributed by atoms with Crippen LogP contribution in [0.5, 0.6) is 5.75 Å². The van der Waals surface area contributed by atoms with Crippen molar-refractivity contribution in [3.63, 3.8) is 0 Å². The first-order valence-electron chi connectivity index (χ1n) is 8.18. The van der Waals surface area contributed by atoms with Crippen molar-refractivity contribution in [3.8, 4) is 5.75 Å². The van der Waals surface area contributed by atoms with Gasteiger partial charge in [0.05, 0.1) is 19.9 Å². The third-order valence-corrected chi connectivity index (χ3v) is 3.32. The second-order valence-electron chi connectivity index (χ2n) is 6.64. The maximum atomic E-state index is 5.36. The number of guanidine groups is 1. The van der Waals surface area contributed by atoms with E-state index >= 15 is 0 Å². The van der Waals surface area contributed by atoms with Crippen LogP contribution < -0.4 is 15.4 Å². The summed E-state index contributed by atoms with van der Waals surface area (Å²) in [5.74, 6) is 2.62. The van der Waals surface area contributed by atoms with Crippen molar-refractivity contribution < 1.29 is 9.15 Å². The fraction of sp³-hybridized carbons (Fsp3) is 0.421. The van der Waals surface area contributed by atoms with Crippen molar-refractivity contribution in [2.24, 2.45) is 4.99 Å². The van der Waals surface area contributed by atoms with E-state index in [-0.39, 0.29) is 29.5 Å². The summed E-state index contributed by atoms with van der Waals surface area (Å²) >= 11 is 0. The van der Waals surface area contributed by atoms with Crippen molar-refractivity contribution in [1.29, 1.82) is 0 Å². The zero-order valence-electron chi connectivity index (χ0n) is 15.3. The van der Waals surface area contributed by atoms with E-state index in [0.717, 1.165) is 36.0 Å². The molecule has 0 spiro atoms. The SMILES string of the molecule is COc1ccc(CN=C(NCCc2ccco2)NC(C)(C)C)cc1.I. The number of halogens is 1. The van der Waals surface area contributed by atoms with Crippen molar-refractivity contribution in [1.82, 2.24) is 10.6 Å². The van der Waals surface area contributed by atoms with Gasteiger partial charge in [-0.1, -0.05) is 12.1 Å². The molecule has 0 aliphatic carbocycles. The number of hydrogen-bond donors (Lipinski definition) is 2. The van der Waals surface area contributed by atoms with Crippen molar-refractivity contribution in [3.05, 3.63) is 54.0 Å². The molecule has 0 bridgehead atoms. The van der Waals surface area contributed by atoms with Gasteiger partial charge in [-0.25, -0.2) is 4.99 Å². The highest BCUT2D eigenvalue weighted by Crippen LogP contribution is 2.12. The van der Waals surface area contributed by atoms with Gasteiger partial charge in [0.25, 0.3) is 0 Å². The summed E-state index contributed by atoms with van der Waals surface area (Å²) in [4.78, 5) is 4.68. The average molecular weight is 457 g/mol.